The molecule has 122 valence electrons. The zero-order valence-electron chi connectivity index (χ0n) is 12.3. The van der Waals surface area contributed by atoms with E-state index in [1.807, 2.05) is 0 Å². The first-order valence-electron chi connectivity index (χ1n) is 6.43. The molecular weight excluding hydrogens is 340 g/mol. The lowest BCUT2D eigenvalue weighted by molar-refractivity contribution is -0.136. The van der Waals surface area contributed by atoms with E-state index in [9.17, 15) is 9.59 Å². The molecule has 0 aliphatic rings. The SMILES string of the molecule is COc1ccc(NC(=O)Nc2nnc(S[C@@H](C)C(=O)O)s2)cc1. The van der Waals surface area contributed by atoms with Crippen molar-refractivity contribution < 1.29 is 19.4 Å². The molecule has 1 heterocycles. The van der Waals surface area contributed by atoms with Crippen molar-refractivity contribution in [2.24, 2.45) is 0 Å². The zero-order valence-corrected chi connectivity index (χ0v) is 13.9. The molecule has 0 bridgehead atoms. The highest BCUT2D eigenvalue weighted by molar-refractivity contribution is 8.02. The number of anilines is 2. The van der Waals surface area contributed by atoms with Crippen LogP contribution < -0.4 is 15.4 Å². The number of nitrogens with zero attached hydrogens (tertiary/aromatic N) is 2. The predicted molar refractivity (Wildman–Crippen MR) is 88.5 cm³/mol. The molecule has 0 spiro atoms. The average molecular weight is 354 g/mol. The molecule has 0 aliphatic carbocycles. The number of hydrogen-bond donors (Lipinski definition) is 3. The third kappa shape index (κ3) is 5.11. The van der Waals surface area contributed by atoms with E-state index >= 15 is 0 Å². The van der Waals surface area contributed by atoms with Crippen molar-refractivity contribution in [2.75, 3.05) is 17.7 Å². The second-order valence-corrected chi connectivity index (χ2v) is 6.84. The van der Waals surface area contributed by atoms with Crippen LogP contribution in [0, 0.1) is 0 Å². The highest BCUT2D eigenvalue weighted by Crippen LogP contribution is 2.29. The largest absolute Gasteiger partial charge is 0.497 e. The minimum Gasteiger partial charge on any atom is -0.497 e. The first kappa shape index (κ1) is 17.0. The zero-order chi connectivity index (χ0) is 16.8. The first-order chi connectivity index (χ1) is 11.0. The Morgan fingerprint density at radius 1 is 1.26 bits per heavy atom. The van der Waals surface area contributed by atoms with Gasteiger partial charge in [-0.2, -0.15) is 0 Å². The molecule has 8 nitrogen and oxygen atoms in total. The van der Waals surface area contributed by atoms with E-state index < -0.39 is 17.3 Å². The third-order valence-electron chi connectivity index (χ3n) is 2.60. The summed E-state index contributed by atoms with van der Waals surface area (Å²) < 4.78 is 5.50. The second-order valence-electron chi connectivity index (χ2n) is 4.28. The van der Waals surface area contributed by atoms with Crippen LogP contribution in [0.4, 0.5) is 15.6 Å². The Hall–Kier alpha value is -2.33. The molecule has 1 aromatic carbocycles. The molecule has 0 radical (unpaired) electrons. The van der Waals surface area contributed by atoms with E-state index in [0.29, 0.717) is 15.8 Å². The molecule has 0 aliphatic heterocycles. The lowest BCUT2D eigenvalue weighted by Gasteiger charge is -2.06. The van der Waals surface area contributed by atoms with Crippen LogP contribution in [0.1, 0.15) is 6.92 Å². The normalized spacial score (nSPS) is 11.6. The van der Waals surface area contributed by atoms with Gasteiger partial charge in [-0.3, -0.25) is 10.1 Å². The number of methoxy groups -OCH3 is 1. The summed E-state index contributed by atoms with van der Waals surface area (Å²) in [5, 5.41) is 21.3. The van der Waals surface area contributed by atoms with Crippen LogP contribution >= 0.6 is 23.1 Å². The number of carbonyl (C=O) groups is 2. The Labute approximate surface area is 140 Å². The van der Waals surface area contributed by atoms with Gasteiger partial charge in [-0.25, -0.2) is 4.79 Å². The van der Waals surface area contributed by atoms with Crippen LogP contribution in [-0.4, -0.2) is 39.7 Å². The summed E-state index contributed by atoms with van der Waals surface area (Å²) in [5.74, 6) is -0.244. The van der Waals surface area contributed by atoms with Gasteiger partial charge in [0.1, 0.15) is 11.0 Å². The Morgan fingerprint density at radius 3 is 2.57 bits per heavy atom. The Kier molecular flexibility index (Phi) is 5.77. The van der Waals surface area contributed by atoms with Gasteiger partial charge in [0.05, 0.1) is 7.11 Å². The standard InChI is InChI=1S/C13H14N4O4S2/c1-7(10(18)19)22-13-17-16-12(23-13)15-11(20)14-8-3-5-9(21-2)6-4-8/h3-7H,1-2H3,(H,18,19)(H2,14,15,16,20)/t7-/m0/s1. The Bertz CT molecular complexity index is 690. The van der Waals surface area contributed by atoms with E-state index in [-0.39, 0.29) is 5.13 Å². The van der Waals surface area contributed by atoms with Crippen molar-refractivity contribution in [3.05, 3.63) is 24.3 Å². The molecule has 0 fully saturated rings. The fraction of sp³-hybridized carbons (Fsp3) is 0.231. The number of nitrogens with one attached hydrogen (secondary N) is 2. The summed E-state index contributed by atoms with van der Waals surface area (Å²) >= 11 is 2.18. The number of carboxylic acid groups (broad SMARTS) is 1. The van der Waals surface area contributed by atoms with Gasteiger partial charge in [-0.15, -0.1) is 10.2 Å². The van der Waals surface area contributed by atoms with Gasteiger partial charge in [0.2, 0.25) is 5.13 Å². The van der Waals surface area contributed by atoms with Crippen molar-refractivity contribution >= 4 is 45.9 Å². The maximum atomic E-state index is 11.9. The molecule has 0 saturated heterocycles. The maximum Gasteiger partial charge on any atom is 0.325 e. The fourth-order valence-corrected chi connectivity index (χ4v) is 3.27. The maximum absolute atomic E-state index is 11.9. The van der Waals surface area contributed by atoms with Gasteiger partial charge in [0, 0.05) is 5.69 Å². The van der Waals surface area contributed by atoms with Gasteiger partial charge in [-0.05, 0) is 31.2 Å². The number of hydrogen-bond acceptors (Lipinski definition) is 7. The van der Waals surface area contributed by atoms with Crippen molar-refractivity contribution in [1.29, 1.82) is 0 Å². The van der Waals surface area contributed by atoms with E-state index in [2.05, 4.69) is 20.8 Å². The van der Waals surface area contributed by atoms with Crippen molar-refractivity contribution in [3.63, 3.8) is 0 Å². The van der Waals surface area contributed by atoms with Crippen LogP contribution in [0.15, 0.2) is 28.6 Å². The molecule has 10 heteroatoms. The molecule has 2 rings (SSSR count). The van der Waals surface area contributed by atoms with Crippen LogP contribution in [0.3, 0.4) is 0 Å². The van der Waals surface area contributed by atoms with Gasteiger partial charge < -0.3 is 15.2 Å². The fourth-order valence-electron chi connectivity index (χ4n) is 1.44. The highest BCUT2D eigenvalue weighted by atomic mass is 32.2. The number of aromatic nitrogens is 2. The van der Waals surface area contributed by atoms with E-state index in [1.165, 1.54) is 0 Å². The van der Waals surface area contributed by atoms with E-state index in [4.69, 9.17) is 9.84 Å². The molecule has 2 aromatic rings. The van der Waals surface area contributed by atoms with Crippen molar-refractivity contribution in [2.45, 2.75) is 16.5 Å². The summed E-state index contributed by atoms with van der Waals surface area (Å²) in [5.41, 5.74) is 0.599. The molecule has 1 atom stereocenters. The smallest absolute Gasteiger partial charge is 0.325 e. The van der Waals surface area contributed by atoms with Gasteiger partial charge in [0.25, 0.3) is 0 Å². The Balaban J connectivity index is 1.90. The van der Waals surface area contributed by atoms with Crippen LogP contribution in [0.2, 0.25) is 0 Å². The lowest BCUT2D eigenvalue weighted by atomic mass is 10.3. The minimum atomic E-state index is -0.933. The number of thioether (sulfide) groups is 1. The van der Waals surface area contributed by atoms with Crippen molar-refractivity contribution in [1.82, 2.24) is 10.2 Å². The molecular formula is C13H14N4O4S2. The number of benzene rings is 1. The number of carboxylic acids is 1. The predicted octanol–water partition coefficient (Wildman–Crippen LogP) is 2.76. The molecule has 0 saturated carbocycles. The average Bonchev–Trinajstić information content (AvgIpc) is 2.94. The molecule has 23 heavy (non-hydrogen) atoms. The number of amides is 2. The van der Waals surface area contributed by atoms with E-state index in [0.717, 1.165) is 23.1 Å². The molecule has 2 amide bonds. The van der Waals surface area contributed by atoms with Gasteiger partial charge in [-0.1, -0.05) is 23.1 Å². The summed E-state index contributed by atoms with van der Waals surface area (Å²) in [6.45, 7) is 1.55. The summed E-state index contributed by atoms with van der Waals surface area (Å²) in [4.78, 5) is 22.6. The number of carbonyl (C=O) groups excluding carboxylic acids is 1. The monoisotopic (exact) mass is 354 g/mol. The number of ether oxygens (including phenoxy) is 1. The third-order valence-corrected chi connectivity index (χ3v) is 4.61. The molecule has 3 N–H and O–H groups in total. The molecule has 1 aromatic heterocycles. The van der Waals surface area contributed by atoms with Gasteiger partial charge in [0.15, 0.2) is 4.34 Å². The van der Waals surface area contributed by atoms with Crippen LogP contribution in [0.5, 0.6) is 5.75 Å². The lowest BCUT2D eigenvalue weighted by Crippen LogP contribution is -2.19. The quantitative estimate of drug-likeness (QED) is 0.540. The summed E-state index contributed by atoms with van der Waals surface area (Å²) in [6.07, 6.45) is 0. The Morgan fingerprint density at radius 2 is 1.96 bits per heavy atom. The summed E-state index contributed by atoms with van der Waals surface area (Å²) in [6, 6.07) is 6.39. The summed E-state index contributed by atoms with van der Waals surface area (Å²) in [7, 11) is 1.56. The number of aliphatic carboxylic acids is 1. The van der Waals surface area contributed by atoms with Crippen LogP contribution in [0.25, 0.3) is 0 Å². The topological polar surface area (TPSA) is 113 Å². The number of urea groups is 1. The van der Waals surface area contributed by atoms with Crippen molar-refractivity contribution in [3.8, 4) is 5.75 Å². The first-order valence-corrected chi connectivity index (χ1v) is 8.12. The minimum absolute atomic E-state index is 0.288. The van der Waals surface area contributed by atoms with Gasteiger partial charge >= 0.3 is 12.0 Å². The second kappa shape index (κ2) is 7.79. The van der Waals surface area contributed by atoms with Crippen LogP contribution in [-0.2, 0) is 4.79 Å². The highest BCUT2D eigenvalue weighted by Gasteiger charge is 2.16. The van der Waals surface area contributed by atoms with E-state index in [1.54, 1.807) is 38.3 Å². The number of rotatable bonds is 6. The molecule has 0 unspecified atom stereocenters.